The lowest BCUT2D eigenvalue weighted by Gasteiger charge is -2.27. The van der Waals surface area contributed by atoms with Gasteiger partial charge in [0, 0.05) is 18.3 Å². The topological polar surface area (TPSA) is 92.2 Å². The van der Waals surface area contributed by atoms with E-state index in [9.17, 15) is 9.59 Å². The number of hydrogen-bond acceptors (Lipinski definition) is 4. The first-order valence-electron chi connectivity index (χ1n) is 11.6. The smallest absolute Gasteiger partial charge is 0.267 e. The Morgan fingerprint density at radius 2 is 1.74 bits per heavy atom. The van der Waals surface area contributed by atoms with Gasteiger partial charge in [-0.15, -0.1) is 0 Å². The first-order valence-corrected chi connectivity index (χ1v) is 11.6. The van der Waals surface area contributed by atoms with E-state index in [2.05, 4.69) is 5.32 Å². The van der Waals surface area contributed by atoms with Gasteiger partial charge in [0.2, 0.25) is 0 Å². The lowest BCUT2D eigenvalue weighted by molar-refractivity contribution is 0.0925. The maximum Gasteiger partial charge on any atom is 0.267 e. The number of carbonyl (C=O) groups is 1. The van der Waals surface area contributed by atoms with Gasteiger partial charge in [0.05, 0.1) is 10.9 Å². The van der Waals surface area contributed by atoms with Gasteiger partial charge in [-0.05, 0) is 43.9 Å². The monoisotopic (exact) mass is 419 g/mol. The second-order valence-electron chi connectivity index (χ2n) is 8.96. The molecule has 0 unspecified atom stereocenters. The van der Waals surface area contributed by atoms with Crippen LogP contribution >= 0.6 is 0 Å². The molecule has 0 aromatic carbocycles. The highest BCUT2D eigenvalue weighted by Crippen LogP contribution is 2.29. The van der Waals surface area contributed by atoms with Gasteiger partial charge in [-0.2, -0.15) is 0 Å². The molecule has 0 bridgehead atoms. The van der Waals surface area contributed by atoms with E-state index >= 15 is 0 Å². The van der Waals surface area contributed by atoms with Crippen molar-refractivity contribution in [2.24, 2.45) is 0 Å². The van der Waals surface area contributed by atoms with Crippen LogP contribution in [0.3, 0.4) is 0 Å². The first kappa shape index (κ1) is 20.0. The summed E-state index contributed by atoms with van der Waals surface area (Å²) >= 11 is 0. The minimum atomic E-state index is -0.249. The van der Waals surface area contributed by atoms with Crippen LogP contribution in [-0.2, 0) is 0 Å². The summed E-state index contributed by atoms with van der Waals surface area (Å²) in [6, 6.07) is 7.28. The van der Waals surface area contributed by atoms with Crippen molar-refractivity contribution in [2.45, 2.75) is 76.3 Å². The number of pyridine rings is 2. The summed E-state index contributed by atoms with van der Waals surface area (Å²) in [4.78, 5) is 31.3. The van der Waals surface area contributed by atoms with Gasteiger partial charge in [0.1, 0.15) is 16.8 Å². The van der Waals surface area contributed by atoms with Crippen LogP contribution < -0.4 is 16.4 Å². The van der Waals surface area contributed by atoms with Gasteiger partial charge >= 0.3 is 0 Å². The van der Waals surface area contributed by atoms with E-state index in [-0.39, 0.29) is 34.6 Å². The Balaban J connectivity index is 1.70. The molecule has 0 spiro atoms. The molecule has 2 fully saturated rings. The SMILES string of the molecule is N=c1c(C(=O)NC2CCCCC2)cc2c(=O)n3ccccc3nc2n1C1CCCCC1. The van der Waals surface area contributed by atoms with Crippen molar-refractivity contribution >= 4 is 22.6 Å². The fourth-order valence-corrected chi connectivity index (χ4v) is 5.23. The van der Waals surface area contributed by atoms with Gasteiger partial charge in [0.15, 0.2) is 0 Å². The minimum Gasteiger partial charge on any atom is -0.349 e. The Hall–Kier alpha value is -2.96. The summed E-state index contributed by atoms with van der Waals surface area (Å²) < 4.78 is 3.37. The summed E-state index contributed by atoms with van der Waals surface area (Å²) in [6.07, 6.45) is 12.3. The van der Waals surface area contributed by atoms with E-state index in [4.69, 9.17) is 10.4 Å². The van der Waals surface area contributed by atoms with E-state index in [0.29, 0.717) is 16.7 Å². The van der Waals surface area contributed by atoms with E-state index in [1.165, 1.54) is 17.2 Å². The average molecular weight is 420 g/mol. The fourth-order valence-electron chi connectivity index (χ4n) is 5.23. The number of hydrogen-bond donors (Lipinski definition) is 2. The molecule has 3 aromatic heterocycles. The summed E-state index contributed by atoms with van der Waals surface area (Å²) in [5.41, 5.74) is 1.32. The molecule has 31 heavy (non-hydrogen) atoms. The van der Waals surface area contributed by atoms with E-state index in [1.807, 2.05) is 10.6 Å². The highest BCUT2D eigenvalue weighted by Gasteiger charge is 2.25. The maximum atomic E-state index is 13.3. The lowest BCUT2D eigenvalue weighted by Crippen LogP contribution is -2.41. The zero-order valence-corrected chi connectivity index (χ0v) is 17.8. The lowest BCUT2D eigenvalue weighted by atomic mass is 9.94. The number of aromatic nitrogens is 3. The molecule has 7 heteroatoms. The van der Waals surface area contributed by atoms with E-state index < -0.39 is 0 Å². The molecule has 7 nitrogen and oxygen atoms in total. The standard InChI is InChI=1S/C24H29N5O2/c25-21-18(23(30)26-16-9-3-1-4-10-16)15-19-22(29(21)17-11-5-2-6-12-17)27-20-13-7-8-14-28(20)24(19)31/h7-8,13-17,25H,1-6,9-12H2,(H,26,30). The number of nitrogens with one attached hydrogen (secondary N) is 2. The van der Waals surface area contributed by atoms with Crippen LogP contribution in [0.2, 0.25) is 0 Å². The fraction of sp³-hybridized carbons (Fsp3) is 0.500. The zero-order valence-electron chi connectivity index (χ0n) is 17.8. The van der Waals surface area contributed by atoms with Crippen molar-refractivity contribution in [3.8, 4) is 0 Å². The van der Waals surface area contributed by atoms with Crippen LogP contribution in [0.1, 0.15) is 80.6 Å². The number of carbonyl (C=O) groups excluding carboxylic acids is 1. The maximum absolute atomic E-state index is 13.3. The predicted molar refractivity (Wildman–Crippen MR) is 119 cm³/mol. The van der Waals surface area contributed by atoms with Crippen molar-refractivity contribution in [1.29, 1.82) is 5.41 Å². The zero-order chi connectivity index (χ0) is 21.4. The Morgan fingerprint density at radius 1 is 1.03 bits per heavy atom. The van der Waals surface area contributed by atoms with Crippen molar-refractivity contribution in [3.63, 3.8) is 0 Å². The molecule has 3 aromatic rings. The Bertz CT molecular complexity index is 1250. The largest absolute Gasteiger partial charge is 0.349 e. The highest BCUT2D eigenvalue weighted by atomic mass is 16.2. The minimum absolute atomic E-state index is 0.0873. The summed E-state index contributed by atoms with van der Waals surface area (Å²) in [5.74, 6) is -0.249. The third-order valence-corrected chi connectivity index (χ3v) is 6.89. The highest BCUT2D eigenvalue weighted by molar-refractivity contribution is 5.97. The molecule has 1 amide bonds. The predicted octanol–water partition coefficient (Wildman–Crippen LogP) is 3.70. The Morgan fingerprint density at radius 3 is 2.48 bits per heavy atom. The molecule has 5 rings (SSSR count). The molecule has 0 aliphatic heterocycles. The van der Waals surface area contributed by atoms with Crippen LogP contribution in [0.5, 0.6) is 0 Å². The van der Waals surface area contributed by atoms with Crippen LogP contribution in [0.25, 0.3) is 16.7 Å². The first-order chi connectivity index (χ1) is 15.1. The van der Waals surface area contributed by atoms with Crippen molar-refractivity contribution in [2.75, 3.05) is 0 Å². The van der Waals surface area contributed by atoms with Gasteiger partial charge < -0.3 is 9.88 Å². The van der Waals surface area contributed by atoms with Gasteiger partial charge in [-0.25, -0.2) is 4.98 Å². The van der Waals surface area contributed by atoms with Crippen molar-refractivity contribution < 1.29 is 4.79 Å². The van der Waals surface area contributed by atoms with Crippen molar-refractivity contribution in [1.82, 2.24) is 19.3 Å². The third kappa shape index (κ3) is 3.66. The molecule has 0 radical (unpaired) electrons. The Labute approximate surface area is 180 Å². The molecule has 2 N–H and O–H groups in total. The molecule has 2 saturated carbocycles. The quantitative estimate of drug-likeness (QED) is 0.634. The molecule has 2 aliphatic rings. The number of rotatable bonds is 3. The molecule has 162 valence electrons. The van der Waals surface area contributed by atoms with Gasteiger partial charge in [-0.3, -0.25) is 19.4 Å². The molecule has 3 heterocycles. The third-order valence-electron chi connectivity index (χ3n) is 6.89. The van der Waals surface area contributed by atoms with Crippen LogP contribution in [-0.4, -0.2) is 25.9 Å². The van der Waals surface area contributed by atoms with Crippen LogP contribution in [0, 0.1) is 5.41 Å². The van der Waals surface area contributed by atoms with Crippen LogP contribution in [0.4, 0.5) is 0 Å². The molecule has 0 atom stereocenters. The second-order valence-corrected chi connectivity index (χ2v) is 8.96. The van der Waals surface area contributed by atoms with Gasteiger partial charge in [-0.1, -0.05) is 44.6 Å². The number of amides is 1. The van der Waals surface area contributed by atoms with Crippen LogP contribution in [0.15, 0.2) is 35.3 Å². The molecule has 0 saturated heterocycles. The number of nitrogens with zero attached hydrogens (tertiary/aromatic N) is 3. The van der Waals surface area contributed by atoms with E-state index in [1.54, 1.807) is 24.4 Å². The molecular formula is C24H29N5O2. The van der Waals surface area contributed by atoms with E-state index in [0.717, 1.165) is 51.4 Å². The summed E-state index contributed by atoms with van der Waals surface area (Å²) in [7, 11) is 0. The molecular weight excluding hydrogens is 390 g/mol. The normalized spacial score (nSPS) is 18.5. The number of fused-ring (bicyclic) bond motifs is 2. The summed E-state index contributed by atoms with van der Waals surface area (Å²) in [5, 5.41) is 12.5. The molecule has 2 aliphatic carbocycles. The summed E-state index contributed by atoms with van der Waals surface area (Å²) in [6.45, 7) is 0. The van der Waals surface area contributed by atoms with Gasteiger partial charge in [0.25, 0.3) is 11.5 Å². The van der Waals surface area contributed by atoms with Crippen molar-refractivity contribution in [3.05, 3.63) is 51.9 Å². The average Bonchev–Trinajstić information content (AvgIpc) is 2.80. The Kier molecular flexibility index (Phi) is 5.34. The second kappa shape index (κ2) is 8.29.